The Morgan fingerprint density at radius 1 is 1.54 bits per heavy atom. The van der Waals surface area contributed by atoms with Gasteiger partial charge in [0.2, 0.25) is 0 Å². The van der Waals surface area contributed by atoms with Crippen LogP contribution in [0, 0.1) is 6.92 Å². The van der Waals surface area contributed by atoms with E-state index in [4.69, 9.17) is 0 Å². The second kappa shape index (κ2) is 3.29. The molecule has 0 N–H and O–H groups in total. The van der Waals surface area contributed by atoms with Crippen LogP contribution in [-0.2, 0) is 4.79 Å². The van der Waals surface area contributed by atoms with Crippen LogP contribution in [-0.4, -0.2) is 10.8 Å². The molecule has 0 saturated heterocycles. The molecule has 1 saturated carbocycles. The highest BCUT2D eigenvalue weighted by atomic mass is 16.1. The first-order chi connectivity index (χ1) is 6.27. The average molecular weight is 175 g/mol. The second-order valence-electron chi connectivity index (χ2n) is 3.66. The first-order valence-electron chi connectivity index (χ1n) is 4.70. The number of carbonyl (C=O) groups is 1. The molecule has 0 bridgehead atoms. The predicted octanol–water partition coefficient (Wildman–Crippen LogP) is 2.23. The van der Waals surface area contributed by atoms with Gasteiger partial charge in [0.1, 0.15) is 5.78 Å². The summed E-state index contributed by atoms with van der Waals surface area (Å²) in [7, 11) is 0. The quantitative estimate of drug-likeness (QED) is 0.655. The van der Waals surface area contributed by atoms with E-state index in [-0.39, 0.29) is 0 Å². The van der Waals surface area contributed by atoms with Crippen molar-refractivity contribution in [2.45, 2.75) is 32.1 Å². The number of hydrogen-bond donors (Lipinski definition) is 0. The summed E-state index contributed by atoms with van der Waals surface area (Å²) in [6.45, 7) is 2.01. The van der Waals surface area contributed by atoms with E-state index in [0.717, 1.165) is 18.5 Å². The van der Waals surface area contributed by atoms with Crippen LogP contribution in [0.2, 0.25) is 0 Å². The fourth-order valence-corrected chi connectivity index (χ4v) is 2.01. The summed E-state index contributed by atoms with van der Waals surface area (Å²) in [6, 6.07) is 4.04. The number of aryl methyl sites for hydroxylation is 1. The summed E-state index contributed by atoms with van der Waals surface area (Å²) >= 11 is 0. The Hall–Kier alpha value is -1.18. The van der Waals surface area contributed by atoms with Crippen LogP contribution in [0.15, 0.2) is 18.3 Å². The Morgan fingerprint density at radius 2 is 2.38 bits per heavy atom. The van der Waals surface area contributed by atoms with E-state index < -0.39 is 0 Å². The highest BCUT2D eigenvalue weighted by Gasteiger charge is 2.24. The van der Waals surface area contributed by atoms with Crippen molar-refractivity contribution in [1.82, 2.24) is 4.98 Å². The van der Waals surface area contributed by atoms with E-state index in [1.54, 1.807) is 6.20 Å². The van der Waals surface area contributed by atoms with Crippen molar-refractivity contribution in [2.24, 2.45) is 0 Å². The van der Waals surface area contributed by atoms with Gasteiger partial charge in [0.15, 0.2) is 0 Å². The molecule has 1 unspecified atom stereocenters. The summed E-state index contributed by atoms with van der Waals surface area (Å²) in [5, 5.41) is 0. The summed E-state index contributed by atoms with van der Waals surface area (Å²) < 4.78 is 0. The lowest BCUT2D eigenvalue weighted by Crippen LogP contribution is -1.98. The predicted molar refractivity (Wildman–Crippen MR) is 50.6 cm³/mol. The molecule has 2 rings (SSSR count). The van der Waals surface area contributed by atoms with E-state index in [0.29, 0.717) is 18.1 Å². The fourth-order valence-electron chi connectivity index (χ4n) is 2.01. The number of Topliss-reactive ketones (excluding diaryl/α,β-unsaturated/α-hetero) is 1. The van der Waals surface area contributed by atoms with Crippen molar-refractivity contribution in [2.75, 3.05) is 0 Å². The lowest BCUT2D eigenvalue weighted by molar-refractivity contribution is -0.117. The van der Waals surface area contributed by atoms with Crippen LogP contribution in [0.3, 0.4) is 0 Å². The second-order valence-corrected chi connectivity index (χ2v) is 3.66. The fraction of sp³-hybridized carbons (Fsp3) is 0.455. The van der Waals surface area contributed by atoms with Gasteiger partial charge in [-0.3, -0.25) is 9.78 Å². The number of ketones is 1. The Bertz CT molecular complexity index is 333. The maximum atomic E-state index is 11.1. The molecule has 13 heavy (non-hydrogen) atoms. The molecule has 0 spiro atoms. The molecule has 0 amide bonds. The van der Waals surface area contributed by atoms with Gasteiger partial charge < -0.3 is 0 Å². The van der Waals surface area contributed by atoms with Gasteiger partial charge in [0, 0.05) is 24.7 Å². The summed E-state index contributed by atoms with van der Waals surface area (Å²) in [4.78, 5) is 15.4. The van der Waals surface area contributed by atoms with Crippen molar-refractivity contribution < 1.29 is 4.79 Å². The smallest absolute Gasteiger partial charge is 0.133 e. The molecular formula is C11H13NO. The molecule has 0 aliphatic heterocycles. The molecule has 1 aliphatic rings. The minimum absolute atomic E-state index is 0.397. The standard InChI is InChI=1S/C11H13NO/c1-8-11(3-2-6-12-8)9-4-5-10(13)7-9/h2-3,6,9H,4-5,7H2,1H3. The first-order valence-corrected chi connectivity index (χ1v) is 4.70. The lowest BCUT2D eigenvalue weighted by atomic mass is 9.97. The van der Waals surface area contributed by atoms with Crippen LogP contribution < -0.4 is 0 Å². The topological polar surface area (TPSA) is 30.0 Å². The van der Waals surface area contributed by atoms with Gasteiger partial charge in [-0.05, 0) is 30.9 Å². The number of nitrogens with zero attached hydrogens (tertiary/aromatic N) is 1. The van der Waals surface area contributed by atoms with E-state index >= 15 is 0 Å². The molecule has 1 aliphatic carbocycles. The van der Waals surface area contributed by atoms with Gasteiger partial charge >= 0.3 is 0 Å². The number of carbonyl (C=O) groups excluding carboxylic acids is 1. The average Bonchev–Trinajstić information content (AvgIpc) is 2.53. The molecule has 1 atom stereocenters. The monoisotopic (exact) mass is 175 g/mol. The summed E-state index contributed by atoms with van der Waals surface area (Å²) in [6.07, 6.45) is 4.27. The number of hydrogen-bond acceptors (Lipinski definition) is 2. The van der Waals surface area contributed by atoms with Crippen molar-refractivity contribution in [1.29, 1.82) is 0 Å². The van der Waals surface area contributed by atoms with Gasteiger partial charge in [0.05, 0.1) is 0 Å². The Labute approximate surface area is 78.0 Å². The van der Waals surface area contributed by atoms with Crippen LogP contribution in [0.4, 0.5) is 0 Å². The summed E-state index contributed by atoms with van der Waals surface area (Å²) in [5.74, 6) is 0.828. The van der Waals surface area contributed by atoms with E-state index in [1.807, 2.05) is 13.0 Å². The minimum Gasteiger partial charge on any atom is -0.300 e. The lowest BCUT2D eigenvalue weighted by Gasteiger charge is -2.10. The third-order valence-electron chi connectivity index (χ3n) is 2.73. The molecule has 0 radical (unpaired) electrons. The van der Waals surface area contributed by atoms with E-state index in [2.05, 4.69) is 11.1 Å². The van der Waals surface area contributed by atoms with Crippen molar-refractivity contribution in [3.63, 3.8) is 0 Å². The normalized spacial score (nSPS) is 22.2. The Balaban J connectivity index is 2.26. The van der Waals surface area contributed by atoms with Gasteiger partial charge in [-0.25, -0.2) is 0 Å². The van der Waals surface area contributed by atoms with Gasteiger partial charge in [-0.2, -0.15) is 0 Å². The van der Waals surface area contributed by atoms with Gasteiger partial charge in [0.25, 0.3) is 0 Å². The molecule has 1 aromatic heterocycles. The Kier molecular flexibility index (Phi) is 2.13. The highest BCUT2D eigenvalue weighted by Crippen LogP contribution is 2.32. The van der Waals surface area contributed by atoms with Gasteiger partial charge in [-0.15, -0.1) is 0 Å². The third-order valence-corrected chi connectivity index (χ3v) is 2.73. The number of rotatable bonds is 1. The SMILES string of the molecule is Cc1ncccc1C1CCC(=O)C1. The molecule has 68 valence electrons. The first kappa shape index (κ1) is 8.42. The van der Waals surface area contributed by atoms with Crippen LogP contribution in [0.1, 0.15) is 36.4 Å². The van der Waals surface area contributed by atoms with E-state index in [1.165, 1.54) is 5.56 Å². The zero-order valence-corrected chi connectivity index (χ0v) is 7.79. The zero-order chi connectivity index (χ0) is 9.26. The molecule has 2 nitrogen and oxygen atoms in total. The van der Waals surface area contributed by atoms with Crippen molar-refractivity contribution >= 4 is 5.78 Å². The minimum atomic E-state index is 0.397. The number of aromatic nitrogens is 1. The largest absolute Gasteiger partial charge is 0.300 e. The van der Waals surface area contributed by atoms with Crippen molar-refractivity contribution in [3.05, 3.63) is 29.6 Å². The van der Waals surface area contributed by atoms with E-state index in [9.17, 15) is 4.79 Å². The molecule has 2 heteroatoms. The molecule has 1 aromatic rings. The van der Waals surface area contributed by atoms with Gasteiger partial charge in [-0.1, -0.05) is 6.07 Å². The Morgan fingerprint density at radius 3 is 3.00 bits per heavy atom. The maximum Gasteiger partial charge on any atom is 0.133 e. The number of pyridine rings is 1. The van der Waals surface area contributed by atoms with Crippen LogP contribution in [0.25, 0.3) is 0 Å². The van der Waals surface area contributed by atoms with Crippen molar-refractivity contribution in [3.8, 4) is 0 Å². The van der Waals surface area contributed by atoms with Crippen LogP contribution in [0.5, 0.6) is 0 Å². The molecule has 1 heterocycles. The molecule has 1 fully saturated rings. The maximum absolute atomic E-state index is 11.1. The molecular weight excluding hydrogens is 162 g/mol. The van der Waals surface area contributed by atoms with Crippen LogP contribution >= 0.6 is 0 Å². The zero-order valence-electron chi connectivity index (χ0n) is 7.79. The third kappa shape index (κ3) is 1.62. The molecule has 0 aromatic carbocycles. The highest BCUT2D eigenvalue weighted by molar-refractivity contribution is 5.81. The summed E-state index contributed by atoms with van der Waals surface area (Å²) in [5.41, 5.74) is 2.33.